The molecule has 0 saturated carbocycles. The van der Waals surface area contributed by atoms with Crippen LogP contribution in [-0.2, 0) is 0 Å². The van der Waals surface area contributed by atoms with E-state index in [1.165, 1.54) is 0 Å². The highest BCUT2D eigenvalue weighted by atomic mass is 35.5. The number of hydrogen-bond donors (Lipinski definition) is 2. The largest absolute Gasteiger partial charge is 0.478 e. The van der Waals surface area contributed by atoms with Gasteiger partial charge in [-0.05, 0) is 35.4 Å². The summed E-state index contributed by atoms with van der Waals surface area (Å²) < 4.78 is 0. The van der Waals surface area contributed by atoms with Gasteiger partial charge in [0.05, 0.1) is 5.56 Å². The molecule has 0 bridgehead atoms. The van der Waals surface area contributed by atoms with E-state index >= 15 is 0 Å². The predicted molar refractivity (Wildman–Crippen MR) is 70.5 cm³/mol. The van der Waals surface area contributed by atoms with E-state index in [-0.39, 0.29) is 18.0 Å². The molecule has 0 fully saturated rings. The van der Waals surface area contributed by atoms with E-state index in [1.54, 1.807) is 24.3 Å². The van der Waals surface area contributed by atoms with Crippen molar-refractivity contribution in [3.05, 3.63) is 54.1 Å². The van der Waals surface area contributed by atoms with Gasteiger partial charge in [-0.3, -0.25) is 0 Å². The Morgan fingerprint density at radius 1 is 1.00 bits per heavy atom. The first-order valence-corrected chi connectivity index (χ1v) is 4.86. The lowest BCUT2D eigenvalue weighted by Gasteiger charge is -2.03. The quantitative estimate of drug-likeness (QED) is 0.804. The van der Waals surface area contributed by atoms with Crippen LogP contribution in [0.4, 0.5) is 5.69 Å². The van der Waals surface area contributed by atoms with Crippen molar-refractivity contribution in [1.29, 1.82) is 0 Å². The standard InChI is InChI=1S/C13H11NO2.ClH/c14-12-6-2-4-10(8-12)9-3-1-5-11(7-9)13(15)16;/h1-8H,14H2,(H,15,16);1H. The summed E-state index contributed by atoms with van der Waals surface area (Å²) in [4.78, 5) is 10.8. The van der Waals surface area contributed by atoms with Gasteiger partial charge in [0.2, 0.25) is 0 Å². The van der Waals surface area contributed by atoms with Gasteiger partial charge in [-0.15, -0.1) is 12.4 Å². The summed E-state index contributed by atoms with van der Waals surface area (Å²) in [6.07, 6.45) is 0. The summed E-state index contributed by atoms with van der Waals surface area (Å²) in [5.41, 5.74) is 8.39. The molecule has 2 aromatic carbocycles. The molecule has 3 nitrogen and oxygen atoms in total. The second-order valence-electron chi connectivity index (χ2n) is 3.51. The van der Waals surface area contributed by atoms with Crippen LogP contribution in [0.1, 0.15) is 10.4 Å². The van der Waals surface area contributed by atoms with Crippen molar-refractivity contribution >= 4 is 24.1 Å². The molecule has 88 valence electrons. The van der Waals surface area contributed by atoms with Crippen molar-refractivity contribution in [2.24, 2.45) is 0 Å². The van der Waals surface area contributed by atoms with Crippen LogP contribution in [0.25, 0.3) is 11.1 Å². The van der Waals surface area contributed by atoms with E-state index in [1.807, 2.05) is 24.3 Å². The minimum Gasteiger partial charge on any atom is -0.478 e. The van der Waals surface area contributed by atoms with Gasteiger partial charge < -0.3 is 10.8 Å². The number of carbonyl (C=O) groups is 1. The highest BCUT2D eigenvalue weighted by Gasteiger charge is 2.04. The number of hydrogen-bond acceptors (Lipinski definition) is 2. The van der Waals surface area contributed by atoms with Crippen molar-refractivity contribution < 1.29 is 9.90 Å². The zero-order valence-electron chi connectivity index (χ0n) is 8.96. The van der Waals surface area contributed by atoms with Crippen LogP contribution < -0.4 is 5.73 Å². The van der Waals surface area contributed by atoms with Crippen LogP contribution in [0.3, 0.4) is 0 Å². The molecule has 17 heavy (non-hydrogen) atoms. The monoisotopic (exact) mass is 249 g/mol. The molecule has 0 heterocycles. The van der Waals surface area contributed by atoms with Crippen molar-refractivity contribution in [3.8, 4) is 11.1 Å². The lowest BCUT2D eigenvalue weighted by atomic mass is 10.0. The first-order valence-electron chi connectivity index (χ1n) is 4.86. The molecule has 0 atom stereocenters. The summed E-state index contributed by atoms with van der Waals surface area (Å²) in [7, 11) is 0. The Hall–Kier alpha value is -2.00. The fourth-order valence-corrected chi connectivity index (χ4v) is 1.55. The number of anilines is 1. The number of benzene rings is 2. The first-order chi connectivity index (χ1) is 7.66. The van der Waals surface area contributed by atoms with Crippen LogP contribution in [0.5, 0.6) is 0 Å². The normalized spacial score (nSPS) is 9.41. The van der Waals surface area contributed by atoms with E-state index < -0.39 is 5.97 Å². The summed E-state index contributed by atoms with van der Waals surface area (Å²) in [5.74, 6) is -0.925. The van der Waals surface area contributed by atoms with Crippen LogP contribution in [0.2, 0.25) is 0 Å². The Labute approximate surface area is 105 Å². The maximum atomic E-state index is 10.8. The Morgan fingerprint density at radius 3 is 2.18 bits per heavy atom. The summed E-state index contributed by atoms with van der Waals surface area (Å²) in [6.45, 7) is 0. The highest BCUT2D eigenvalue weighted by Crippen LogP contribution is 2.22. The number of rotatable bonds is 2. The molecule has 0 aromatic heterocycles. The van der Waals surface area contributed by atoms with Gasteiger partial charge >= 0.3 is 5.97 Å². The van der Waals surface area contributed by atoms with Crippen LogP contribution >= 0.6 is 12.4 Å². The summed E-state index contributed by atoms with van der Waals surface area (Å²) in [5, 5.41) is 8.89. The molecule has 0 spiro atoms. The number of aromatic carboxylic acids is 1. The van der Waals surface area contributed by atoms with E-state index in [9.17, 15) is 4.79 Å². The molecule has 0 aliphatic heterocycles. The number of nitrogen functional groups attached to an aromatic ring is 1. The fraction of sp³-hybridized carbons (Fsp3) is 0. The van der Waals surface area contributed by atoms with Crippen molar-refractivity contribution in [1.82, 2.24) is 0 Å². The van der Waals surface area contributed by atoms with Gasteiger partial charge in [0.25, 0.3) is 0 Å². The van der Waals surface area contributed by atoms with Gasteiger partial charge in [-0.2, -0.15) is 0 Å². The molecule has 2 rings (SSSR count). The SMILES string of the molecule is Cl.Nc1cccc(-c2cccc(C(=O)O)c2)c1. The van der Waals surface area contributed by atoms with Gasteiger partial charge in [0.1, 0.15) is 0 Å². The van der Waals surface area contributed by atoms with E-state index in [2.05, 4.69) is 0 Å². The molecule has 2 aromatic rings. The molecule has 0 aliphatic rings. The van der Waals surface area contributed by atoms with Crippen molar-refractivity contribution in [2.75, 3.05) is 5.73 Å². The summed E-state index contributed by atoms with van der Waals surface area (Å²) in [6, 6.07) is 14.2. The second kappa shape index (κ2) is 5.37. The van der Waals surface area contributed by atoms with E-state index in [4.69, 9.17) is 10.8 Å². The Balaban J connectivity index is 0.00000144. The molecule has 0 saturated heterocycles. The Bertz CT molecular complexity index is 540. The van der Waals surface area contributed by atoms with Crippen LogP contribution in [0, 0.1) is 0 Å². The Morgan fingerprint density at radius 2 is 1.59 bits per heavy atom. The van der Waals surface area contributed by atoms with Crippen molar-refractivity contribution in [2.45, 2.75) is 0 Å². The average molecular weight is 250 g/mol. The molecule has 4 heteroatoms. The van der Waals surface area contributed by atoms with Gasteiger partial charge in [-0.1, -0.05) is 24.3 Å². The van der Waals surface area contributed by atoms with Gasteiger partial charge in [0, 0.05) is 5.69 Å². The van der Waals surface area contributed by atoms with Crippen LogP contribution in [-0.4, -0.2) is 11.1 Å². The molecule has 0 unspecified atom stereocenters. The number of carboxylic acid groups (broad SMARTS) is 1. The van der Waals surface area contributed by atoms with Gasteiger partial charge in [-0.25, -0.2) is 4.79 Å². The average Bonchev–Trinajstić information content (AvgIpc) is 2.29. The maximum Gasteiger partial charge on any atom is 0.335 e. The van der Waals surface area contributed by atoms with E-state index in [0.29, 0.717) is 5.69 Å². The van der Waals surface area contributed by atoms with Gasteiger partial charge in [0.15, 0.2) is 0 Å². The zero-order chi connectivity index (χ0) is 11.5. The molecule has 0 radical (unpaired) electrons. The lowest BCUT2D eigenvalue weighted by molar-refractivity contribution is 0.0697. The smallest absolute Gasteiger partial charge is 0.335 e. The zero-order valence-corrected chi connectivity index (χ0v) is 9.78. The lowest BCUT2D eigenvalue weighted by Crippen LogP contribution is -1.95. The maximum absolute atomic E-state index is 10.8. The van der Waals surface area contributed by atoms with Crippen LogP contribution in [0.15, 0.2) is 48.5 Å². The number of nitrogens with two attached hydrogens (primary N) is 1. The Kier molecular flexibility index (Phi) is 4.12. The second-order valence-corrected chi connectivity index (χ2v) is 3.51. The topological polar surface area (TPSA) is 63.3 Å². The highest BCUT2D eigenvalue weighted by molar-refractivity contribution is 5.89. The molecule has 3 N–H and O–H groups in total. The third-order valence-electron chi connectivity index (χ3n) is 2.33. The third kappa shape index (κ3) is 2.98. The number of carboxylic acids is 1. The number of halogens is 1. The van der Waals surface area contributed by atoms with E-state index in [0.717, 1.165) is 11.1 Å². The predicted octanol–water partition coefficient (Wildman–Crippen LogP) is 3.06. The third-order valence-corrected chi connectivity index (χ3v) is 2.33. The molecular weight excluding hydrogens is 238 g/mol. The first kappa shape index (κ1) is 13.1. The van der Waals surface area contributed by atoms with Crippen molar-refractivity contribution in [3.63, 3.8) is 0 Å². The molecule has 0 amide bonds. The summed E-state index contributed by atoms with van der Waals surface area (Å²) >= 11 is 0. The molecule has 0 aliphatic carbocycles. The minimum absolute atomic E-state index is 0. The molecular formula is C13H12ClNO2. The fourth-order valence-electron chi connectivity index (χ4n) is 1.55. The minimum atomic E-state index is -0.925.